The number of alkyl halides is 3. The van der Waals surface area contributed by atoms with Crippen molar-refractivity contribution in [2.45, 2.75) is 43.9 Å². The van der Waals surface area contributed by atoms with Gasteiger partial charge in [-0.25, -0.2) is 4.39 Å². The fraction of sp³-hybridized carbons (Fsp3) is 0.350. The first-order valence-electron chi connectivity index (χ1n) is 9.09. The Kier molecular flexibility index (Phi) is 4.58. The zero-order chi connectivity index (χ0) is 20.1. The summed E-state index contributed by atoms with van der Waals surface area (Å²) < 4.78 is 58.5. The van der Waals surface area contributed by atoms with Crippen LogP contribution in [-0.4, -0.2) is 17.9 Å². The van der Waals surface area contributed by atoms with Gasteiger partial charge < -0.3 is 9.68 Å². The maximum atomic E-state index is 13.3. The van der Waals surface area contributed by atoms with Crippen molar-refractivity contribution in [1.82, 2.24) is 0 Å². The number of hydrogen-bond donors (Lipinski definition) is 1. The van der Waals surface area contributed by atoms with E-state index < -0.39 is 41.6 Å². The van der Waals surface area contributed by atoms with Crippen LogP contribution in [0.3, 0.4) is 0 Å². The highest BCUT2D eigenvalue weighted by molar-refractivity contribution is 6.62. The topological polar surface area (TPSA) is 46.5 Å². The van der Waals surface area contributed by atoms with Gasteiger partial charge in [0.15, 0.2) is 5.78 Å². The second-order valence-corrected chi connectivity index (χ2v) is 7.38. The number of Topliss-reactive ketones (excluding diaryl/α,β-unsaturated/α-hetero) is 1. The average molecular weight is 392 g/mol. The molecule has 1 heterocycles. The van der Waals surface area contributed by atoms with Gasteiger partial charge in [0, 0.05) is 12.0 Å². The van der Waals surface area contributed by atoms with Crippen LogP contribution >= 0.6 is 0 Å². The molecule has 1 spiro atoms. The van der Waals surface area contributed by atoms with Crippen LogP contribution in [-0.2, 0) is 22.9 Å². The predicted octanol–water partition coefficient (Wildman–Crippen LogP) is 3.76. The van der Waals surface area contributed by atoms with Crippen molar-refractivity contribution in [3.8, 4) is 0 Å². The molecule has 3 nitrogen and oxygen atoms in total. The maximum absolute atomic E-state index is 13.3. The Morgan fingerprint density at radius 1 is 1.14 bits per heavy atom. The van der Waals surface area contributed by atoms with Crippen LogP contribution in [0.25, 0.3) is 0 Å². The molecule has 1 aliphatic heterocycles. The molecule has 0 amide bonds. The van der Waals surface area contributed by atoms with Crippen molar-refractivity contribution >= 4 is 18.4 Å². The van der Waals surface area contributed by atoms with E-state index in [9.17, 15) is 27.4 Å². The third-order valence-electron chi connectivity index (χ3n) is 5.57. The van der Waals surface area contributed by atoms with Crippen LogP contribution in [0.15, 0.2) is 36.4 Å². The van der Waals surface area contributed by atoms with E-state index in [1.807, 2.05) is 0 Å². The van der Waals surface area contributed by atoms with Gasteiger partial charge >= 0.3 is 13.3 Å². The highest BCUT2D eigenvalue weighted by Crippen LogP contribution is 2.45. The molecule has 1 aliphatic carbocycles. The third-order valence-corrected chi connectivity index (χ3v) is 5.57. The maximum Gasteiger partial charge on any atom is 0.492 e. The fourth-order valence-electron chi connectivity index (χ4n) is 4.29. The van der Waals surface area contributed by atoms with Gasteiger partial charge in [-0.2, -0.15) is 13.2 Å². The first-order chi connectivity index (χ1) is 13.2. The lowest BCUT2D eigenvalue weighted by molar-refractivity contribution is -0.138. The summed E-state index contributed by atoms with van der Waals surface area (Å²) in [5, 5.41) is 10.3. The minimum atomic E-state index is -4.83. The molecule has 0 atom stereocenters. The molecule has 0 saturated heterocycles. The zero-order valence-electron chi connectivity index (χ0n) is 14.9. The summed E-state index contributed by atoms with van der Waals surface area (Å²) in [6.07, 6.45) is -1.51. The van der Waals surface area contributed by atoms with Crippen molar-refractivity contribution in [2.75, 3.05) is 0 Å². The number of benzene rings is 2. The number of rotatable bonds is 3. The molecule has 0 radical (unpaired) electrons. The second-order valence-electron chi connectivity index (χ2n) is 7.38. The minimum Gasteiger partial charge on any atom is -0.423 e. The van der Waals surface area contributed by atoms with E-state index in [4.69, 9.17) is 4.65 Å². The molecule has 0 aromatic heterocycles. The summed E-state index contributed by atoms with van der Waals surface area (Å²) >= 11 is 0. The number of hydrogen-bond acceptors (Lipinski definition) is 3. The summed E-state index contributed by atoms with van der Waals surface area (Å²) in [6.45, 7) is 0. The molecule has 2 aromatic carbocycles. The van der Waals surface area contributed by atoms with Gasteiger partial charge in [-0.1, -0.05) is 31.0 Å². The lowest BCUT2D eigenvalue weighted by Crippen LogP contribution is -2.29. The van der Waals surface area contributed by atoms with Gasteiger partial charge in [-0.15, -0.1) is 0 Å². The second kappa shape index (κ2) is 6.70. The standard InChI is InChI=1S/C20H17BF4O3/c22-13-4-5-14(16(11-13)20(23,24)25)18(26)10-12-3-6-15-17(9-12)21(27)28-19(15)7-1-2-8-19/h3-6,9,11,27H,1-2,7-8,10H2. The minimum absolute atomic E-state index is 0.290. The first-order valence-corrected chi connectivity index (χ1v) is 9.09. The molecule has 2 aromatic rings. The molecule has 0 unspecified atom stereocenters. The summed E-state index contributed by atoms with van der Waals surface area (Å²) in [4.78, 5) is 12.5. The Balaban J connectivity index is 1.63. The Morgan fingerprint density at radius 2 is 1.86 bits per heavy atom. The van der Waals surface area contributed by atoms with Crippen LogP contribution in [0.4, 0.5) is 17.6 Å². The van der Waals surface area contributed by atoms with E-state index in [2.05, 4.69) is 0 Å². The van der Waals surface area contributed by atoms with Crippen molar-refractivity contribution in [2.24, 2.45) is 0 Å². The highest BCUT2D eigenvalue weighted by Gasteiger charge is 2.48. The monoisotopic (exact) mass is 392 g/mol. The van der Waals surface area contributed by atoms with Crippen LogP contribution < -0.4 is 5.46 Å². The summed E-state index contributed by atoms with van der Waals surface area (Å²) in [5.74, 6) is -1.82. The Labute approximate surface area is 159 Å². The molecule has 28 heavy (non-hydrogen) atoms. The van der Waals surface area contributed by atoms with Crippen LogP contribution in [0.1, 0.15) is 52.7 Å². The predicted molar refractivity (Wildman–Crippen MR) is 94.7 cm³/mol. The largest absolute Gasteiger partial charge is 0.492 e. The summed E-state index contributed by atoms with van der Waals surface area (Å²) in [6, 6.07) is 7.11. The molecular formula is C20H17BF4O3. The third kappa shape index (κ3) is 3.24. The molecule has 146 valence electrons. The van der Waals surface area contributed by atoms with Crippen LogP contribution in [0.5, 0.6) is 0 Å². The van der Waals surface area contributed by atoms with E-state index >= 15 is 0 Å². The first kappa shape index (κ1) is 19.1. The fourth-order valence-corrected chi connectivity index (χ4v) is 4.29. The molecule has 2 aliphatic rings. The zero-order valence-corrected chi connectivity index (χ0v) is 14.9. The van der Waals surface area contributed by atoms with Gasteiger partial charge in [0.2, 0.25) is 0 Å². The van der Waals surface area contributed by atoms with Gasteiger partial charge in [0.25, 0.3) is 0 Å². The lowest BCUT2D eigenvalue weighted by atomic mass is 9.76. The molecule has 1 saturated carbocycles. The number of carbonyl (C=O) groups excluding carboxylic acids is 1. The van der Waals surface area contributed by atoms with E-state index in [1.54, 1.807) is 18.2 Å². The Bertz CT molecular complexity index is 936. The molecule has 1 N–H and O–H groups in total. The number of ketones is 1. The highest BCUT2D eigenvalue weighted by atomic mass is 19.4. The smallest absolute Gasteiger partial charge is 0.423 e. The van der Waals surface area contributed by atoms with E-state index in [1.165, 1.54) is 0 Å². The summed E-state index contributed by atoms with van der Waals surface area (Å²) in [5.41, 5.74) is -0.448. The van der Waals surface area contributed by atoms with E-state index in [-0.39, 0.29) is 6.42 Å². The number of fused-ring (bicyclic) bond motifs is 2. The van der Waals surface area contributed by atoms with Crippen molar-refractivity contribution in [3.63, 3.8) is 0 Å². The lowest BCUT2D eigenvalue weighted by Gasteiger charge is -2.24. The number of halogens is 4. The average Bonchev–Trinajstić information content (AvgIpc) is 3.20. The van der Waals surface area contributed by atoms with Gasteiger partial charge in [0.1, 0.15) is 5.82 Å². The summed E-state index contributed by atoms with van der Waals surface area (Å²) in [7, 11) is -1.11. The molecular weight excluding hydrogens is 375 g/mol. The van der Waals surface area contributed by atoms with Crippen molar-refractivity contribution in [1.29, 1.82) is 0 Å². The molecule has 0 bridgehead atoms. The SMILES string of the molecule is O=C(Cc1ccc2c(c1)B(O)OC21CCCC1)c1ccc(F)cc1C(F)(F)F. The quantitative estimate of drug-likeness (QED) is 0.492. The normalized spacial score (nSPS) is 18.0. The van der Waals surface area contributed by atoms with Gasteiger partial charge in [-0.3, -0.25) is 4.79 Å². The van der Waals surface area contributed by atoms with Gasteiger partial charge in [-0.05, 0) is 47.6 Å². The van der Waals surface area contributed by atoms with E-state index in [0.29, 0.717) is 17.1 Å². The molecule has 1 fully saturated rings. The Hall–Kier alpha value is -2.19. The Morgan fingerprint density at radius 3 is 2.54 bits per heavy atom. The van der Waals surface area contributed by atoms with Crippen molar-refractivity contribution < 1.29 is 32.0 Å². The molecule has 8 heteroatoms. The molecule has 4 rings (SSSR count). The van der Waals surface area contributed by atoms with E-state index in [0.717, 1.165) is 43.4 Å². The van der Waals surface area contributed by atoms with Crippen molar-refractivity contribution in [3.05, 3.63) is 64.5 Å². The van der Waals surface area contributed by atoms with Gasteiger partial charge in [0.05, 0.1) is 11.2 Å². The van der Waals surface area contributed by atoms with Crippen LogP contribution in [0, 0.1) is 5.82 Å². The van der Waals surface area contributed by atoms with Crippen LogP contribution in [0.2, 0.25) is 0 Å². The number of carbonyl (C=O) groups is 1.